The highest BCUT2D eigenvalue weighted by atomic mass is 19.1. The van der Waals surface area contributed by atoms with Crippen molar-refractivity contribution in [2.75, 3.05) is 31.6 Å². The smallest absolute Gasteiger partial charge is 0.319 e. The van der Waals surface area contributed by atoms with Crippen LogP contribution in [0.2, 0.25) is 0 Å². The number of aliphatic hydroxyl groups is 2. The maximum Gasteiger partial charge on any atom is 0.319 e. The molecule has 4 atom stereocenters. The van der Waals surface area contributed by atoms with E-state index in [9.17, 15) is 24.6 Å². The second-order valence-electron chi connectivity index (χ2n) is 14.0. The van der Waals surface area contributed by atoms with E-state index in [2.05, 4.69) is 29.8 Å². The van der Waals surface area contributed by atoms with Gasteiger partial charge in [-0.3, -0.25) is 9.59 Å². The van der Waals surface area contributed by atoms with Crippen molar-refractivity contribution >= 4 is 23.5 Å². The molecule has 5 aliphatic carbocycles. The third-order valence-corrected chi connectivity index (χ3v) is 9.95. The third kappa shape index (κ3) is 6.53. The number of carbonyl (C=O) groups excluding carboxylic acids is 3. The Bertz CT molecular complexity index is 1150. The first-order chi connectivity index (χ1) is 19.4. The Hall–Kier alpha value is -2.72. The van der Waals surface area contributed by atoms with Gasteiger partial charge < -0.3 is 31.1 Å². The number of hydrogen-bond donors (Lipinski definition) is 5. The molecule has 0 heterocycles. The minimum absolute atomic E-state index is 0.0375. The van der Waals surface area contributed by atoms with Crippen molar-refractivity contribution in [2.24, 2.45) is 22.7 Å². The number of urea groups is 1. The second kappa shape index (κ2) is 11.5. The molecule has 6 rings (SSSR count). The van der Waals surface area contributed by atoms with Gasteiger partial charge in [-0.2, -0.15) is 0 Å². The summed E-state index contributed by atoms with van der Waals surface area (Å²) in [6, 6.07) is 3.55. The van der Waals surface area contributed by atoms with Crippen molar-refractivity contribution in [3.63, 3.8) is 0 Å². The molecule has 0 radical (unpaired) electrons. The SMILES string of the molecule is C[C@]12CC3CC(NC(=O)Nc4ccc(C(=O)NC5CCC(C(=O)N(CCO)CCO)CC5)cc4F)(C1)C[C@@](C)(C3)C2. The molecule has 5 N–H and O–H groups in total. The van der Waals surface area contributed by atoms with E-state index >= 15 is 4.39 Å². The third-order valence-electron chi connectivity index (χ3n) is 9.95. The predicted molar refractivity (Wildman–Crippen MR) is 153 cm³/mol. The zero-order chi connectivity index (χ0) is 29.4. The topological polar surface area (TPSA) is 131 Å². The molecule has 0 saturated heterocycles. The van der Waals surface area contributed by atoms with Gasteiger partial charge in [0.25, 0.3) is 5.91 Å². The molecule has 5 fully saturated rings. The van der Waals surface area contributed by atoms with Crippen LogP contribution in [-0.4, -0.2) is 70.8 Å². The number of anilines is 1. The van der Waals surface area contributed by atoms with Gasteiger partial charge in [0.1, 0.15) is 5.82 Å². The summed E-state index contributed by atoms with van der Waals surface area (Å²) in [5.41, 5.74) is 0.456. The van der Waals surface area contributed by atoms with E-state index in [1.54, 1.807) is 0 Å². The van der Waals surface area contributed by atoms with Gasteiger partial charge in [-0.15, -0.1) is 0 Å². The number of carbonyl (C=O) groups is 3. The van der Waals surface area contributed by atoms with Crippen LogP contribution in [-0.2, 0) is 4.79 Å². The van der Waals surface area contributed by atoms with Gasteiger partial charge in [0.15, 0.2) is 0 Å². The van der Waals surface area contributed by atoms with Crippen LogP contribution in [0, 0.1) is 28.5 Å². The quantitative estimate of drug-likeness (QED) is 0.307. The fraction of sp³-hybridized carbons (Fsp3) is 0.710. The normalized spacial score (nSPS) is 33.7. The lowest BCUT2D eigenvalue weighted by Crippen LogP contribution is -2.65. The van der Waals surface area contributed by atoms with E-state index < -0.39 is 17.8 Å². The van der Waals surface area contributed by atoms with E-state index in [1.807, 2.05) is 0 Å². The molecule has 0 aliphatic heterocycles. The van der Waals surface area contributed by atoms with Crippen molar-refractivity contribution in [2.45, 2.75) is 89.6 Å². The molecule has 4 amide bonds. The summed E-state index contributed by atoms with van der Waals surface area (Å²) in [5, 5.41) is 27.2. The first-order valence-corrected chi connectivity index (χ1v) is 15.1. The van der Waals surface area contributed by atoms with Crippen LogP contribution < -0.4 is 16.0 Å². The molecular formula is C31H45FN4O5. The fourth-order valence-electron chi connectivity index (χ4n) is 9.32. The lowest BCUT2D eigenvalue weighted by molar-refractivity contribution is -0.137. The first kappa shape index (κ1) is 29.8. The van der Waals surface area contributed by atoms with Gasteiger partial charge in [-0.05, 0) is 99.2 Å². The first-order valence-electron chi connectivity index (χ1n) is 15.1. The molecule has 0 aromatic heterocycles. The van der Waals surface area contributed by atoms with Crippen molar-refractivity contribution < 1.29 is 29.0 Å². The van der Waals surface area contributed by atoms with Crippen molar-refractivity contribution in [3.8, 4) is 0 Å². The summed E-state index contributed by atoms with van der Waals surface area (Å²) in [5.74, 6) is -0.733. The molecule has 2 unspecified atom stereocenters. The average Bonchev–Trinajstić information content (AvgIpc) is 2.87. The number of halogens is 1. The lowest BCUT2D eigenvalue weighted by Gasteiger charge is -2.65. The molecule has 10 heteroatoms. The Morgan fingerprint density at radius 1 is 0.951 bits per heavy atom. The summed E-state index contributed by atoms with van der Waals surface area (Å²) in [6.07, 6.45) is 8.93. The van der Waals surface area contributed by atoms with Crippen LogP contribution in [0.1, 0.15) is 88.4 Å². The Morgan fingerprint density at radius 3 is 2.15 bits per heavy atom. The molecule has 0 spiro atoms. The van der Waals surface area contributed by atoms with Gasteiger partial charge >= 0.3 is 6.03 Å². The van der Waals surface area contributed by atoms with Gasteiger partial charge in [-0.1, -0.05) is 13.8 Å². The number of aliphatic hydroxyl groups excluding tert-OH is 2. The van der Waals surface area contributed by atoms with E-state index in [4.69, 9.17) is 0 Å². The fourth-order valence-corrected chi connectivity index (χ4v) is 9.32. The standard InChI is InChI=1S/C31H45FN4O5/c1-29-14-20-15-30(2,17-29)19-31(16-20,18-29)35-28(41)34-25-8-5-22(13-24(25)32)26(39)33-23-6-3-21(4-7-23)27(40)36(9-11-37)10-12-38/h5,8,13,20-21,23,37-38H,3-4,6-7,9-12,14-19H2,1-2H3,(H,33,39)(H2,34,35,41)/t20?,21?,23?,29-,30+,31?. The van der Waals surface area contributed by atoms with E-state index in [0.717, 1.165) is 25.3 Å². The summed E-state index contributed by atoms with van der Waals surface area (Å²) >= 11 is 0. The predicted octanol–water partition coefficient (Wildman–Crippen LogP) is 3.80. The van der Waals surface area contributed by atoms with E-state index in [-0.39, 0.29) is 71.8 Å². The van der Waals surface area contributed by atoms with Gasteiger partial charge in [-0.25, -0.2) is 9.18 Å². The average molecular weight is 573 g/mol. The largest absolute Gasteiger partial charge is 0.395 e. The summed E-state index contributed by atoms with van der Waals surface area (Å²) in [6.45, 7) is 4.73. The maximum atomic E-state index is 15.0. The summed E-state index contributed by atoms with van der Waals surface area (Å²) in [4.78, 5) is 40.1. The second-order valence-corrected chi connectivity index (χ2v) is 14.0. The molecule has 5 aliphatic rings. The molecule has 1 aromatic rings. The molecule has 5 saturated carbocycles. The Kier molecular flexibility index (Phi) is 8.36. The highest BCUT2D eigenvalue weighted by molar-refractivity contribution is 5.96. The highest BCUT2D eigenvalue weighted by Gasteiger charge is 2.60. The molecule has 226 valence electrons. The highest BCUT2D eigenvalue weighted by Crippen LogP contribution is 2.66. The van der Waals surface area contributed by atoms with E-state index in [0.29, 0.717) is 31.6 Å². The number of nitrogens with zero attached hydrogens (tertiary/aromatic N) is 1. The Morgan fingerprint density at radius 2 is 1.59 bits per heavy atom. The van der Waals surface area contributed by atoms with Crippen LogP contribution in [0.25, 0.3) is 0 Å². The molecule has 4 bridgehead atoms. The number of benzene rings is 1. The van der Waals surface area contributed by atoms with Gasteiger partial charge in [0.2, 0.25) is 5.91 Å². The number of amides is 4. The minimum atomic E-state index is -0.667. The van der Waals surface area contributed by atoms with Crippen LogP contribution >= 0.6 is 0 Å². The maximum absolute atomic E-state index is 15.0. The monoisotopic (exact) mass is 572 g/mol. The van der Waals surface area contributed by atoms with Crippen LogP contribution in [0.15, 0.2) is 18.2 Å². The van der Waals surface area contributed by atoms with Crippen LogP contribution in [0.4, 0.5) is 14.9 Å². The van der Waals surface area contributed by atoms with Crippen LogP contribution in [0.5, 0.6) is 0 Å². The Labute approximate surface area is 241 Å². The van der Waals surface area contributed by atoms with Gasteiger partial charge in [0.05, 0.1) is 18.9 Å². The number of rotatable bonds is 9. The van der Waals surface area contributed by atoms with Crippen molar-refractivity contribution in [1.82, 2.24) is 15.5 Å². The Balaban J connectivity index is 1.13. The van der Waals surface area contributed by atoms with E-state index in [1.165, 1.54) is 36.3 Å². The summed E-state index contributed by atoms with van der Waals surface area (Å²) in [7, 11) is 0. The minimum Gasteiger partial charge on any atom is -0.395 e. The molecule has 1 aromatic carbocycles. The van der Waals surface area contributed by atoms with Crippen LogP contribution in [0.3, 0.4) is 0 Å². The van der Waals surface area contributed by atoms with Crippen molar-refractivity contribution in [3.05, 3.63) is 29.6 Å². The zero-order valence-electron chi connectivity index (χ0n) is 24.3. The van der Waals surface area contributed by atoms with Gasteiger partial charge in [0, 0.05) is 36.2 Å². The molecule has 41 heavy (non-hydrogen) atoms. The molecule has 9 nitrogen and oxygen atoms in total. The number of hydrogen-bond acceptors (Lipinski definition) is 5. The summed E-state index contributed by atoms with van der Waals surface area (Å²) < 4.78 is 15.0. The zero-order valence-corrected chi connectivity index (χ0v) is 24.3. The number of nitrogens with one attached hydrogen (secondary N) is 3. The van der Waals surface area contributed by atoms with Crippen molar-refractivity contribution in [1.29, 1.82) is 0 Å². The molecular weight excluding hydrogens is 527 g/mol. The lowest BCUT2D eigenvalue weighted by atomic mass is 9.43.